The molecule has 0 aliphatic carbocycles. The van der Waals surface area contributed by atoms with Gasteiger partial charge in [0.25, 0.3) is 12.3 Å². The zero-order valence-electron chi connectivity index (χ0n) is 16.9. The highest BCUT2D eigenvalue weighted by Gasteiger charge is 2.39. The summed E-state index contributed by atoms with van der Waals surface area (Å²) < 4.78 is 38.0. The van der Waals surface area contributed by atoms with E-state index in [1.54, 1.807) is 0 Å². The Labute approximate surface area is 175 Å². The molecule has 2 amide bonds. The number of benzene rings is 1. The second-order valence-corrected chi connectivity index (χ2v) is 7.25. The van der Waals surface area contributed by atoms with Crippen molar-refractivity contribution in [3.8, 4) is 5.75 Å². The second-order valence-electron chi connectivity index (χ2n) is 7.25. The monoisotopic (exact) mass is 436 g/mol. The predicted molar refractivity (Wildman–Crippen MR) is 106 cm³/mol. The zero-order chi connectivity index (χ0) is 22.9. The maximum Gasteiger partial charge on any atom is 0.257 e. The summed E-state index contributed by atoms with van der Waals surface area (Å²) in [5.74, 6) is -1.34. The number of nitrogens with zero attached hydrogens (tertiary/aromatic N) is 2. The fourth-order valence-corrected chi connectivity index (χ4v) is 3.46. The van der Waals surface area contributed by atoms with Crippen molar-refractivity contribution < 1.29 is 32.6 Å². The van der Waals surface area contributed by atoms with E-state index < -0.39 is 36.8 Å². The number of aryl methyl sites for hydroxylation is 1. The molecule has 1 atom stereocenters. The maximum atomic E-state index is 12.8. The number of hydrogen-bond acceptors (Lipinski definition) is 6. The Morgan fingerprint density at radius 3 is 2.61 bits per heavy atom. The SMILES string of the molecule is Cc1oc2ccc(OCc3ccnn3CC(F)F)c(C(C)(CO)C(N)=O)c2c1C(N)=O. The van der Waals surface area contributed by atoms with E-state index in [2.05, 4.69) is 5.10 Å². The molecular weight excluding hydrogens is 414 g/mol. The molecule has 2 aromatic heterocycles. The lowest BCUT2D eigenvalue weighted by Crippen LogP contribution is -2.42. The van der Waals surface area contributed by atoms with E-state index in [0.29, 0.717) is 5.69 Å². The summed E-state index contributed by atoms with van der Waals surface area (Å²) in [5, 5.41) is 14.1. The van der Waals surface area contributed by atoms with E-state index in [9.17, 15) is 23.5 Å². The molecule has 1 aromatic carbocycles. The van der Waals surface area contributed by atoms with Gasteiger partial charge >= 0.3 is 0 Å². The molecule has 3 rings (SSSR count). The fourth-order valence-electron chi connectivity index (χ4n) is 3.46. The number of nitrogens with two attached hydrogens (primary N) is 2. The smallest absolute Gasteiger partial charge is 0.257 e. The van der Waals surface area contributed by atoms with Crippen molar-refractivity contribution >= 4 is 22.8 Å². The number of rotatable bonds is 9. The van der Waals surface area contributed by atoms with Crippen LogP contribution >= 0.6 is 0 Å². The standard InChI is InChI=1S/C20H22F2N4O5/c1-10-15(18(23)28)16-12(31-10)3-4-13(17(16)20(2,9-27)19(24)29)30-8-11-5-6-25-26(11)7-14(21)22/h3-6,14,27H,7-9H2,1-2H3,(H2,23,28)(H2,24,29). The first-order valence-corrected chi connectivity index (χ1v) is 9.29. The summed E-state index contributed by atoms with van der Waals surface area (Å²) >= 11 is 0. The van der Waals surface area contributed by atoms with Crippen LogP contribution in [0.25, 0.3) is 11.0 Å². The summed E-state index contributed by atoms with van der Waals surface area (Å²) in [6.07, 6.45) is -1.25. The molecule has 11 heteroatoms. The highest BCUT2D eigenvalue weighted by atomic mass is 19.3. The number of aliphatic hydroxyl groups excluding tert-OH is 1. The van der Waals surface area contributed by atoms with Gasteiger partial charge in [-0.3, -0.25) is 14.3 Å². The van der Waals surface area contributed by atoms with Crippen molar-refractivity contribution in [3.63, 3.8) is 0 Å². The first-order valence-electron chi connectivity index (χ1n) is 9.29. The second kappa shape index (κ2) is 8.34. The number of amides is 2. The molecule has 3 aromatic rings. The largest absolute Gasteiger partial charge is 0.487 e. The Kier molecular flexibility index (Phi) is 5.98. The molecule has 0 bridgehead atoms. The van der Waals surface area contributed by atoms with Gasteiger partial charge < -0.3 is 25.7 Å². The molecule has 2 heterocycles. The van der Waals surface area contributed by atoms with Gasteiger partial charge in [0.05, 0.1) is 23.3 Å². The van der Waals surface area contributed by atoms with Crippen molar-refractivity contribution in [1.29, 1.82) is 0 Å². The quantitative estimate of drug-likeness (QED) is 0.464. The van der Waals surface area contributed by atoms with Crippen molar-refractivity contribution in [2.24, 2.45) is 11.5 Å². The summed E-state index contributed by atoms with van der Waals surface area (Å²) in [7, 11) is 0. The van der Waals surface area contributed by atoms with Crippen LogP contribution in [-0.4, -0.2) is 39.7 Å². The lowest BCUT2D eigenvalue weighted by molar-refractivity contribution is -0.124. The van der Waals surface area contributed by atoms with Crippen LogP contribution in [0.2, 0.25) is 0 Å². The minimum absolute atomic E-state index is 0.0270. The lowest BCUT2D eigenvalue weighted by atomic mass is 9.79. The molecule has 1 unspecified atom stereocenters. The van der Waals surface area contributed by atoms with Crippen LogP contribution < -0.4 is 16.2 Å². The van der Waals surface area contributed by atoms with Gasteiger partial charge in [0.1, 0.15) is 30.2 Å². The third-order valence-electron chi connectivity index (χ3n) is 5.14. The lowest BCUT2D eigenvalue weighted by Gasteiger charge is -2.27. The number of hydrogen-bond donors (Lipinski definition) is 3. The van der Waals surface area contributed by atoms with Crippen LogP contribution in [0.3, 0.4) is 0 Å². The molecule has 0 aliphatic rings. The van der Waals surface area contributed by atoms with E-state index in [-0.39, 0.29) is 40.2 Å². The molecular formula is C20H22F2N4O5. The number of alkyl halides is 2. The van der Waals surface area contributed by atoms with E-state index >= 15 is 0 Å². The van der Waals surface area contributed by atoms with Crippen molar-refractivity contribution in [2.45, 2.75) is 38.8 Å². The number of fused-ring (bicyclic) bond motifs is 1. The Balaban J connectivity index is 2.17. The average Bonchev–Trinajstić information content (AvgIpc) is 3.27. The van der Waals surface area contributed by atoms with Gasteiger partial charge in [0.15, 0.2) is 0 Å². The summed E-state index contributed by atoms with van der Waals surface area (Å²) in [4.78, 5) is 24.4. The normalized spacial score (nSPS) is 13.5. The molecule has 0 radical (unpaired) electrons. The molecule has 5 N–H and O–H groups in total. The molecule has 166 valence electrons. The van der Waals surface area contributed by atoms with Crippen LogP contribution in [0, 0.1) is 6.92 Å². The molecule has 0 saturated carbocycles. The summed E-state index contributed by atoms with van der Waals surface area (Å²) in [5.41, 5.74) is 10.2. The molecule has 31 heavy (non-hydrogen) atoms. The number of carbonyl (C=O) groups excluding carboxylic acids is 2. The molecule has 0 saturated heterocycles. The van der Waals surface area contributed by atoms with E-state index in [1.165, 1.54) is 38.2 Å². The zero-order valence-corrected chi connectivity index (χ0v) is 16.9. The van der Waals surface area contributed by atoms with Gasteiger partial charge in [-0.2, -0.15) is 5.10 Å². The number of furan rings is 1. The van der Waals surface area contributed by atoms with Gasteiger partial charge in [-0.25, -0.2) is 8.78 Å². The third-order valence-corrected chi connectivity index (χ3v) is 5.14. The van der Waals surface area contributed by atoms with E-state index in [4.69, 9.17) is 20.6 Å². The third kappa shape index (κ3) is 3.96. The number of halogens is 2. The first kappa shape index (κ1) is 22.2. The van der Waals surface area contributed by atoms with E-state index in [1.807, 2.05) is 0 Å². The fraction of sp³-hybridized carbons (Fsp3) is 0.350. The molecule has 9 nitrogen and oxygen atoms in total. The van der Waals surface area contributed by atoms with Gasteiger partial charge in [0.2, 0.25) is 5.91 Å². The van der Waals surface area contributed by atoms with Crippen LogP contribution in [0.1, 0.15) is 34.3 Å². The van der Waals surface area contributed by atoms with Gasteiger partial charge in [-0.1, -0.05) is 0 Å². The topological polar surface area (TPSA) is 147 Å². The van der Waals surface area contributed by atoms with E-state index in [0.717, 1.165) is 4.68 Å². The van der Waals surface area contributed by atoms with Crippen molar-refractivity contribution in [2.75, 3.05) is 6.61 Å². The average molecular weight is 436 g/mol. The molecule has 0 aliphatic heterocycles. The highest BCUT2D eigenvalue weighted by Crippen LogP contribution is 2.41. The van der Waals surface area contributed by atoms with Crippen molar-refractivity contribution in [3.05, 3.63) is 47.0 Å². The number of ether oxygens (including phenoxy) is 1. The predicted octanol–water partition coefficient (Wildman–Crippen LogP) is 1.62. The van der Waals surface area contributed by atoms with Crippen LogP contribution in [-0.2, 0) is 23.4 Å². The van der Waals surface area contributed by atoms with Crippen LogP contribution in [0.5, 0.6) is 5.75 Å². The Bertz CT molecular complexity index is 1140. The van der Waals surface area contributed by atoms with Gasteiger partial charge in [-0.05, 0) is 32.0 Å². The first-order chi connectivity index (χ1) is 14.6. The summed E-state index contributed by atoms with van der Waals surface area (Å²) in [6.45, 7) is 1.46. The highest BCUT2D eigenvalue weighted by molar-refractivity contribution is 6.10. The number of aliphatic hydroxyl groups is 1. The van der Waals surface area contributed by atoms with Crippen LogP contribution in [0.15, 0.2) is 28.8 Å². The Morgan fingerprint density at radius 1 is 1.32 bits per heavy atom. The Morgan fingerprint density at radius 2 is 2.03 bits per heavy atom. The van der Waals surface area contributed by atoms with Crippen LogP contribution in [0.4, 0.5) is 8.78 Å². The Hall–Kier alpha value is -3.47. The van der Waals surface area contributed by atoms with Gasteiger partial charge in [-0.15, -0.1) is 0 Å². The number of carbonyl (C=O) groups is 2. The molecule has 0 fully saturated rings. The maximum absolute atomic E-state index is 12.8. The minimum Gasteiger partial charge on any atom is -0.487 e. The number of primary amides is 2. The molecule has 0 spiro atoms. The van der Waals surface area contributed by atoms with Crippen molar-refractivity contribution in [1.82, 2.24) is 9.78 Å². The number of aromatic nitrogens is 2. The summed E-state index contributed by atoms with van der Waals surface area (Å²) in [6, 6.07) is 4.51. The minimum atomic E-state index is -2.61. The van der Waals surface area contributed by atoms with Gasteiger partial charge in [0, 0.05) is 17.1 Å².